The zero-order chi connectivity index (χ0) is 12.8. The first-order valence-electron chi connectivity index (χ1n) is 5.57. The molecule has 1 amide bonds. The quantitative estimate of drug-likeness (QED) is 0.818. The van der Waals surface area contributed by atoms with Crippen molar-refractivity contribution in [3.63, 3.8) is 0 Å². The second kappa shape index (κ2) is 6.13. The van der Waals surface area contributed by atoms with Crippen molar-refractivity contribution in [2.24, 2.45) is 0 Å². The normalized spacial score (nSPS) is 9.88. The summed E-state index contributed by atoms with van der Waals surface area (Å²) in [4.78, 5) is 10.8. The van der Waals surface area contributed by atoms with Gasteiger partial charge in [0.2, 0.25) is 0 Å². The summed E-state index contributed by atoms with van der Waals surface area (Å²) >= 11 is 0. The smallest absolute Gasteiger partial charge is 0.406 e. The standard InChI is InChI=1S/C13H19NO3/c1-9-7-10(2)12(11(3)8-9)17-6-5-14-13(15)16-4/h7-8H,5-6H2,1-4H3,(H,14,15). The molecule has 0 aliphatic rings. The Morgan fingerprint density at radius 3 is 2.35 bits per heavy atom. The van der Waals surface area contributed by atoms with E-state index in [0.29, 0.717) is 13.2 Å². The minimum Gasteiger partial charge on any atom is -0.491 e. The minimum atomic E-state index is -0.439. The van der Waals surface area contributed by atoms with E-state index in [-0.39, 0.29) is 0 Å². The van der Waals surface area contributed by atoms with Crippen LogP contribution in [0.15, 0.2) is 12.1 Å². The van der Waals surface area contributed by atoms with E-state index in [1.54, 1.807) is 0 Å². The maximum absolute atomic E-state index is 10.8. The summed E-state index contributed by atoms with van der Waals surface area (Å²) in [6, 6.07) is 4.16. The Morgan fingerprint density at radius 2 is 1.82 bits per heavy atom. The van der Waals surface area contributed by atoms with Crippen LogP contribution in [-0.4, -0.2) is 26.4 Å². The predicted molar refractivity (Wildman–Crippen MR) is 66.6 cm³/mol. The second-order valence-corrected chi connectivity index (χ2v) is 3.99. The van der Waals surface area contributed by atoms with E-state index in [1.165, 1.54) is 12.7 Å². The number of rotatable bonds is 4. The van der Waals surface area contributed by atoms with Crippen molar-refractivity contribution in [2.75, 3.05) is 20.3 Å². The fourth-order valence-corrected chi connectivity index (χ4v) is 1.77. The molecule has 0 saturated heterocycles. The molecule has 1 aromatic rings. The Labute approximate surface area is 102 Å². The highest BCUT2D eigenvalue weighted by atomic mass is 16.5. The van der Waals surface area contributed by atoms with Crippen molar-refractivity contribution in [1.29, 1.82) is 0 Å². The third-order valence-corrected chi connectivity index (χ3v) is 2.41. The number of carbonyl (C=O) groups is 1. The molecule has 4 nitrogen and oxygen atoms in total. The van der Waals surface area contributed by atoms with Crippen molar-refractivity contribution in [3.8, 4) is 5.75 Å². The first-order chi connectivity index (χ1) is 8.04. The number of methoxy groups -OCH3 is 1. The largest absolute Gasteiger partial charge is 0.491 e. The first kappa shape index (κ1) is 13.4. The Hall–Kier alpha value is -1.71. The van der Waals surface area contributed by atoms with Gasteiger partial charge in [-0.25, -0.2) is 4.79 Å². The molecule has 1 rings (SSSR count). The Balaban J connectivity index is 2.50. The molecular formula is C13H19NO3. The van der Waals surface area contributed by atoms with Crippen LogP contribution in [0.2, 0.25) is 0 Å². The van der Waals surface area contributed by atoms with Crippen molar-refractivity contribution >= 4 is 6.09 Å². The van der Waals surface area contributed by atoms with Gasteiger partial charge in [0, 0.05) is 0 Å². The van der Waals surface area contributed by atoms with Crippen LogP contribution in [0.5, 0.6) is 5.75 Å². The lowest BCUT2D eigenvalue weighted by Crippen LogP contribution is -2.27. The van der Waals surface area contributed by atoms with Gasteiger partial charge in [0.05, 0.1) is 13.7 Å². The molecule has 94 valence electrons. The summed E-state index contributed by atoms with van der Waals surface area (Å²) < 4.78 is 10.1. The lowest BCUT2D eigenvalue weighted by atomic mass is 10.1. The third kappa shape index (κ3) is 3.98. The maximum atomic E-state index is 10.8. The van der Waals surface area contributed by atoms with Gasteiger partial charge in [-0.3, -0.25) is 0 Å². The van der Waals surface area contributed by atoms with Crippen LogP contribution in [0.4, 0.5) is 4.79 Å². The molecule has 1 aromatic carbocycles. The van der Waals surface area contributed by atoms with Gasteiger partial charge >= 0.3 is 6.09 Å². The zero-order valence-corrected chi connectivity index (χ0v) is 10.8. The Morgan fingerprint density at radius 1 is 1.24 bits per heavy atom. The second-order valence-electron chi connectivity index (χ2n) is 3.99. The summed E-state index contributed by atoms with van der Waals surface area (Å²) in [7, 11) is 1.34. The SMILES string of the molecule is COC(=O)NCCOc1c(C)cc(C)cc1C. The van der Waals surface area contributed by atoms with E-state index in [4.69, 9.17) is 4.74 Å². The van der Waals surface area contributed by atoms with Gasteiger partial charge in [0.1, 0.15) is 12.4 Å². The van der Waals surface area contributed by atoms with Gasteiger partial charge in [0.15, 0.2) is 0 Å². The van der Waals surface area contributed by atoms with E-state index >= 15 is 0 Å². The molecule has 4 heteroatoms. The fourth-order valence-electron chi connectivity index (χ4n) is 1.77. The maximum Gasteiger partial charge on any atom is 0.406 e. The summed E-state index contributed by atoms with van der Waals surface area (Å²) in [5, 5.41) is 2.57. The molecule has 17 heavy (non-hydrogen) atoms. The van der Waals surface area contributed by atoms with Gasteiger partial charge in [-0.05, 0) is 31.9 Å². The highest BCUT2D eigenvalue weighted by molar-refractivity contribution is 5.66. The summed E-state index contributed by atoms with van der Waals surface area (Å²) in [6.07, 6.45) is -0.439. The molecule has 0 spiro atoms. The fraction of sp³-hybridized carbons (Fsp3) is 0.462. The number of alkyl carbamates (subject to hydrolysis) is 1. The van der Waals surface area contributed by atoms with E-state index in [1.807, 2.05) is 13.8 Å². The average molecular weight is 237 g/mol. The van der Waals surface area contributed by atoms with Crippen LogP contribution in [0.3, 0.4) is 0 Å². The molecule has 0 atom stereocenters. The Kier molecular flexibility index (Phi) is 4.82. The number of aryl methyl sites for hydroxylation is 3. The predicted octanol–water partition coefficient (Wildman–Crippen LogP) is 2.35. The number of benzene rings is 1. The lowest BCUT2D eigenvalue weighted by molar-refractivity contribution is 0.168. The molecule has 0 saturated carbocycles. The third-order valence-electron chi connectivity index (χ3n) is 2.41. The van der Waals surface area contributed by atoms with Gasteiger partial charge < -0.3 is 14.8 Å². The molecule has 0 bridgehead atoms. The zero-order valence-electron chi connectivity index (χ0n) is 10.8. The highest BCUT2D eigenvalue weighted by Gasteiger charge is 2.05. The number of carbonyl (C=O) groups excluding carboxylic acids is 1. The van der Waals surface area contributed by atoms with Crippen molar-refractivity contribution in [3.05, 3.63) is 28.8 Å². The molecule has 0 unspecified atom stereocenters. The monoisotopic (exact) mass is 237 g/mol. The van der Waals surface area contributed by atoms with Gasteiger partial charge in [-0.2, -0.15) is 0 Å². The van der Waals surface area contributed by atoms with E-state index in [9.17, 15) is 4.79 Å². The molecule has 0 fully saturated rings. The molecule has 0 heterocycles. The lowest BCUT2D eigenvalue weighted by Gasteiger charge is -2.13. The summed E-state index contributed by atoms with van der Waals surface area (Å²) in [6.45, 7) is 6.95. The van der Waals surface area contributed by atoms with Crippen LogP contribution >= 0.6 is 0 Å². The van der Waals surface area contributed by atoms with Crippen molar-refractivity contribution < 1.29 is 14.3 Å². The number of nitrogens with one attached hydrogen (secondary N) is 1. The molecule has 0 aliphatic heterocycles. The number of amides is 1. The molecule has 0 radical (unpaired) electrons. The molecular weight excluding hydrogens is 218 g/mol. The van der Waals surface area contributed by atoms with Crippen molar-refractivity contribution in [1.82, 2.24) is 5.32 Å². The highest BCUT2D eigenvalue weighted by Crippen LogP contribution is 2.24. The van der Waals surface area contributed by atoms with Crippen molar-refractivity contribution in [2.45, 2.75) is 20.8 Å². The molecule has 1 N–H and O–H groups in total. The van der Waals surface area contributed by atoms with Crippen LogP contribution in [0.25, 0.3) is 0 Å². The van der Waals surface area contributed by atoms with Crippen LogP contribution in [-0.2, 0) is 4.74 Å². The number of hydrogen-bond acceptors (Lipinski definition) is 3. The van der Waals surface area contributed by atoms with Crippen LogP contribution < -0.4 is 10.1 Å². The van der Waals surface area contributed by atoms with E-state index in [2.05, 4.69) is 29.1 Å². The number of hydrogen-bond donors (Lipinski definition) is 1. The van der Waals surface area contributed by atoms with Gasteiger partial charge in [0.25, 0.3) is 0 Å². The average Bonchev–Trinajstić information content (AvgIpc) is 2.26. The van der Waals surface area contributed by atoms with Gasteiger partial charge in [-0.15, -0.1) is 0 Å². The van der Waals surface area contributed by atoms with Crippen LogP contribution in [0.1, 0.15) is 16.7 Å². The van der Waals surface area contributed by atoms with E-state index < -0.39 is 6.09 Å². The summed E-state index contributed by atoms with van der Waals surface area (Å²) in [5.74, 6) is 0.891. The molecule has 0 aromatic heterocycles. The summed E-state index contributed by atoms with van der Waals surface area (Å²) in [5.41, 5.74) is 3.45. The van der Waals surface area contributed by atoms with Crippen LogP contribution in [0, 0.1) is 20.8 Å². The Bertz CT molecular complexity index is 379. The minimum absolute atomic E-state index is 0.430. The molecule has 0 aliphatic carbocycles. The van der Waals surface area contributed by atoms with E-state index in [0.717, 1.165) is 16.9 Å². The first-order valence-corrected chi connectivity index (χ1v) is 5.57. The number of ether oxygens (including phenoxy) is 2. The topological polar surface area (TPSA) is 47.6 Å². The van der Waals surface area contributed by atoms with Gasteiger partial charge in [-0.1, -0.05) is 17.7 Å².